The van der Waals surface area contributed by atoms with Gasteiger partial charge in [-0.3, -0.25) is 14.6 Å². The summed E-state index contributed by atoms with van der Waals surface area (Å²) >= 11 is 5.18. The van der Waals surface area contributed by atoms with Crippen LogP contribution in [-0.4, -0.2) is 19.7 Å². The summed E-state index contributed by atoms with van der Waals surface area (Å²) in [5.41, 5.74) is 0.374. The highest BCUT2D eigenvalue weighted by Crippen LogP contribution is 2.24. The summed E-state index contributed by atoms with van der Waals surface area (Å²) in [6, 6.07) is 1.39. The van der Waals surface area contributed by atoms with Crippen LogP contribution in [0.3, 0.4) is 0 Å². The van der Waals surface area contributed by atoms with Crippen molar-refractivity contribution in [2.24, 2.45) is 0 Å². The van der Waals surface area contributed by atoms with Crippen molar-refractivity contribution in [1.82, 2.24) is 19.7 Å². The molecule has 0 fully saturated rings. The summed E-state index contributed by atoms with van der Waals surface area (Å²) in [4.78, 5) is 3.82. The van der Waals surface area contributed by atoms with Crippen LogP contribution >= 0.6 is 12.2 Å². The van der Waals surface area contributed by atoms with Crippen LogP contribution < -0.4 is 0 Å². The lowest BCUT2D eigenvalue weighted by atomic mass is 10.1. The van der Waals surface area contributed by atoms with Gasteiger partial charge in [-0.1, -0.05) is 0 Å². The number of pyridine rings is 1. The van der Waals surface area contributed by atoms with Crippen molar-refractivity contribution in [3.63, 3.8) is 0 Å². The molecule has 0 saturated heterocycles. The first-order chi connectivity index (χ1) is 7.89. The number of aromatic nitrogens is 4. The molecular formula is C11H13FN4S. The van der Waals surface area contributed by atoms with Crippen molar-refractivity contribution in [1.29, 1.82) is 0 Å². The molecule has 0 bridgehead atoms. The molecule has 0 spiro atoms. The molecule has 0 aliphatic carbocycles. The molecule has 2 heterocycles. The zero-order valence-corrected chi connectivity index (χ0v) is 10.7. The van der Waals surface area contributed by atoms with Crippen LogP contribution in [0.4, 0.5) is 4.39 Å². The molecule has 0 amide bonds. The average molecular weight is 252 g/mol. The van der Waals surface area contributed by atoms with E-state index in [9.17, 15) is 4.39 Å². The predicted octanol–water partition coefficient (Wildman–Crippen LogP) is 2.90. The summed E-state index contributed by atoms with van der Waals surface area (Å²) in [5.74, 6) is 0.200. The van der Waals surface area contributed by atoms with E-state index in [1.54, 1.807) is 6.20 Å². The van der Waals surface area contributed by atoms with E-state index >= 15 is 0 Å². The zero-order chi connectivity index (χ0) is 12.6. The van der Waals surface area contributed by atoms with Crippen LogP contribution in [0, 0.1) is 10.6 Å². The standard InChI is InChI=1S/C11H13FN4S/c1-11(2,3)16-9(14-15-10(16)17)7-4-8(12)6-13-5-7/h4-6H,1-3H3,(H,15,17). The molecule has 0 aliphatic rings. The van der Waals surface area contributed by atoms with Crippen molar-refractivity contribution in [3.05, 3.63) is 29.0 Å². The minimum atomic E-state index is -0.392. The van der Waals surface area contributed by atoms with E-state index < -0.39 is 5.82 Å². The van der Waals surface area contributed by atoms with E-state index in [0.717, 1.165) is 6.20 Å². The van der Waals surface area contributed by atoms with Gasteiger partial charge in [0.15, 0.2) is 10.6 Å². The fourth-order valence-corrected chi connectivity index (χ4v) is 2.05. The number of hydrogen-bond acceptors (Lipinski definition) is 3. The Bertz CT molecular complexity index is 594. The molecule has 0 unspecified atom stereocenters. The fraction of sp³-hybridized carbons (Fsp3) is 0.364. The van der Waals surface area contributed by atoms with Gasteiger partial charge in [0, 0.05) is 17.3 Å². The highest BCUT2D eigenvalue weighted by molar-refractivity contribution is 7.71. The van der Waals surface area contributed by atoms with E-state index in [-0.39, 0.29) is 5.54 Å². The number of nitrogens with one attached hydrogen (secondary N) is 1. The minimum Gasteiger partial charge on any atom is -0.295 e. The van der Waals surface area contributed by atoms with Gasteiger partial charge in [0.25, 0.3) is 0 Å². The van der Waals surface area contributed by atoms with Gasteiger partial charge in [0.05, 0.1) is 6.20 Å². The predicted molar refractivity (Wildman–Crippen MR) is 65.6 cm³/mol. The van der Waals surface area contributed by atoms with Crippen molar-refractivity contribution >= 4 is 12.2 Å². The van der Waals surface area contributed by atoms with Gasteiger partial charge in [0.2, 0.25) is 0 Å². The highest BCUT2D eigenvalue weighted by atomic mass is 32.1. The SMILES string of the molecule is CC(C)(C)n1c(-c2cncc(F)c2)n[nH]c1=S. The Hall–Kier alpha value is -1.56. The van der Waals surface area contributed by atoms with Gasteiger partial charge >= 0.3 is 0 Å². The van der Waals surface area contributed by atoms with E-state index in [1.807, 2.05) is 25.3 Å². The third-order valence-corrected chi connectivity index (χ3v) is 2.58. The van der Waals surface area contributed by atoms with Gasteiger partial charge < -0.3 is 0 Å². The Kier molecular flexibility index (Phi) is 2.82. The Balaban J connectivity index is 2.66. The molecule has 2 aromatic heterocycles. The first-order valence-electron chi connectivity index (χ1n) is 5.18. The molecule has 2 rings (SSSR count). The topological polar surface area (TPSA) is 46.5 Å². The summed E-state index contributed by atoms with van der Waals surface area (Å²) in [6.45, 7) is 6.03. The average Bonchev–Trinajstić information content (AvgIpc) is 2.59. The minimum absolute atomic E-state index is 0.230. The number of halogens is 1. The summed E-state index contributed by atoms with van der Waals surface area (Å²) < 4.78 is 15.5. The lowest BCUT2D eigenvalue weighted by Crippen LogP contribution is -2.23. The quantitative estimate of drug-likeness (QED) is 0.794. The van der Waals surface area contributed by atoms with Gasteiger partial charge in [0.1, 0.15) is 5.82 Å². The van der Waals surface area contributed by atoms with Gasteiger partial charge in [-0.25, -0.2) is 4.39 Å². The normalized spacial score (nSPS) is 11.8. The molecule has 0 radical (unpaired) electrons. The van der Waals surface area contributed by atoms with Crippen molar-refractivity contribution in [2.75, 3.05) is 0 Å². The fourth-order valence-electron chi connectivity index (χ4n) is 1.65. The maximum Gasteiger partial charge on any atom is 0.195 e. The largest absolute Gasteiger partial charge is 0.295 e. The smallest absolute Gasteiger partial charge is 0.195 e. The second-order valence-corrected chi connectivity index (χ2v) is 5.14. The highest BCUT2D eigenvalue weighted by Gasteiger charge is 2.20. The molecular weight excluding hydrogens is 239 g/mol. The number of hydrogen-bond donors (Lipinski definition) is 1. The molecule has 4 nitrogen and oxygen atoms in total. The zero-order valence-electron chi connectivity index (χ0n) is 9.86. The molecule has 0 aromatic carbocycles. The Labute approximate surface area is 104 Å². The van der Waals surface area contributed by atoms with Gasteiger partial charge in [-0.05, 0) is 39.1 Å². The Morgan fingerprint density at radius 1 is 1.35 bits per heavy atom. The van der Waals surface area contributed by atoms with Crippen molar-refractivity contribution < 1.29 is 4.39 Å². The molecule has 17 heavy (non-hydrogen) atoms. The van der Waals surface area contributed by atoms with Gasteiger partial charge in [-0.15, -0.1) is 0 Å². The van der Waals surface area contributed by atoms with Crippen LogP contribution in [0.5, 0.6) is 0 Å². The summed E-state index contributed by atoms with van der Waals surface area (Å²) in [7, 11) is 0. The second kappa shape index (κ2) is 4.03. The molecule has 0 saturated carbocycles. The van der Waals surface area contributed by atoms with Crippen molar-refractivity contribution in [3.8, 4) is 11.4 Å². The first kappa shape index (κ1) is 11.9. The third kappa shape index (κ3) is 2.26. The second-order valence-electron chi connectivity index (χ2n) is 4.75. The monoisotopic (exact) mass is 252 g/mol. The number of H-pyrrole nitrogens is 1. The summed E-state index contributed by atoms with van der Waals surface area (Å²) in [6.07, 6.45) is 2.72. The number of aromatic amines is 1. The molecule has 1 N–H and O–H groups in total. The third-order valence-electron chi connectivity index (χ3n) is 2.31. The number of rotatable bonds is 1. The molecule has 2 aromatic rings. The molecule has 0 atom stereocenters. The Morgan fingerprint density at radius 3 is 2.65 bits per heavy atom. The first-order valence-corrected chi connectivity index (χ1v) is 5.59. The lowest BCUT2D eigenvalue weighted by molar-refractivity contribution is 0.395. The van der Waals surface area contributed by atoms with E-state index in [0.29, 0.717) is 16.2 Å². The van der Waals surface area contributed by atoms with E-state index in [1.165, 1.54) is 6.07 Å². The van der Waals surface area contributed by atoms with Crippen LogP contribution in [0.25, 0.3) is 11.4 Å². The molecule has 0 aliphatic heterocycles. The number of nitrogens with zero attached hydrogens (tertiary/aromatic N) is 3. The molecule has 90 valence electrons. The van der Waals surface area contributed by atoms with Crippen LogP contribution in [0.2, 0.25) is 0 Å². The Morgan fingerprint density at radius 2 is 2.06 bits per heavy atom. The van der Waals surface area contributed by atoms with Crippen LogP contribution in [0.15, 0.2) is 18.5 Å². The van der Waals surface area contributed by atoms with Crippen molar-refractivity contribution in [2.45, 2.75) is 26.3 Å². The van der Waals surface area contributed by atoms with Gasteiger partial charge in [-0.2, -0.15) is 5.10 Å². The maximum atomic E-state index is 13.2. The molecule has 6 heteroatoms. The van der Waals surface area contributed by atoms with E-state index in [2.05, 4.69) is 15.2 Å². The lowest BCUT2D eigenvalue weighted by Gasteiger charge is -2.22. The van der Waals surface area contributed by atoms with E-state index in [4.69, 9.17) is 12.2 Å². The van der Waals surface area contributed by atoms with Crippen LogP contribution in [-0.2, 0) is 5.54 Å². The summed E-state index contributed by atoms with van der Waals surface area (Å²) in [5, 5.41) is 6.86. The van der Waals surface area contributed by atoms with Crippen LogP contribution in [0.1, 0.15) is 20.8 Å². The maximum absolute atomic E-state index is 13.2.